The van der Waals surface area contributed by atoms with Crippen LogP contribution in [0.3, 0.4) is 0 Å². The molecule has 5 nitrogen and oxygen atoms in total. The van der Waals surface area contributed by atoms with Crippen molar-refractivity contribution in [1.82, 2.24) is 4.90 Å². The van der Waals surface area contributed by atoms with Gasteiger partial charge in [-0.3, -0.25) is 4.79 Å². The van der Waals surface area contributed by atoms with Crippen LogP contribution in [0.1, 0.15) is 43.1 Å². The molecule has 1 saturated heterocycles. The second-order valence-corrected chi connectivity index (χ2v) is 6.08. The first-order valence-corrected chi connectivity index (χ1v) is 7.33. The molecule has 114 valence electrons. The van der Waals surface area contributed by atoms with E-state index in [0.29, 0.717) is 23.0 Å². The van der Waals surface area contributed by atoms with Crippen LogP contribution in [0, 0.1) is 11.8 Å². The third-order valence-corrected chi connectivity index (χ3v) is 4.37. The molecule has 3 unspecified atom stereocenters. The van der Waals surface area contributed by atoms with E-state index in [1.54, 1.807) is 24.3 Å². The Labute approximate surface area is 125 Å². The average Bonchev–Trinajstić information content (AvgIpc) is 2.49. The quantitative estimate of drug-likeness (QED) is 0.379. The lowest BCUT2D eigenvalue weighted by molar-refractivity contribution is 0.0455. The van der Waals surface area contributed by atoms with Crippen LogP contribution >= 0.6 is 0 Å². The van der Waals surface area contributed by atoms with Crippen LogP contribution in [-0.2, 0) is 0 Å². The summed E-state index contributed by atoms with van der Waals surface area (Å²) < 4.78 is 0. The number of nitrogens with zero attached hydrogens (tertiary/aromatic N) is 2. The van der Waals surface area contributed by atoms with Crippen molar-refractivity contribution in [2.45, 2.75) is 33.2 Å². The zero-order valence-electron chi connectivity index (χ0n) is 12.8. The van der Waals surface area contributed by atoms with Gasteiger partial charge in [0.2, 0.25) is 0 Å². The van der Waals surface area contributed by atoms with Gasteiger partial charge in [0.1, 0.15) is 0 Å². The zero-order valence-corrected chi connectivity index (χ0v) is 12.8. The normalized spacial score (nSPS) is 26.7. The number of likely N-dealkylation sites (tertiary alicyclic amines) is 1. The summed E-state index contributed by atoms with van der Waals surface area (Å²) in [7, 11) is 0. The molecule has 1 aromatic carbocycles. The molecule has 0 spiro atoms. The highest BCUT2D eigenvalue weighted by Crippen LogP contribution is 2.28. The second kappa shape index (κ2) is 6.16. The Morgan fingerprint density at radius 2 is 2.00 bits per heavy atom. The van der Waals surface area contributed by atoms with Gasteiger partial charge in [-0.1, -0.05) is 31.1 Å². The highest BCUT2D eigenvalue weighted by atomic mass is 16.4. The molecule has 0 bridgehead atoms. The van der Waals surface area contributed by atoms with E-state index in [0.717, 1.165) is 13.0 Å². The van der Waals surface area contributed by atoms with Crippen molar-refractivity contribution in [3.63, 3.8) is 0 Å². The number of amides is 1. The van der Waals surface area contributed by atoms with E-state index in [1.807, 2.05) is 4.90 Å². The summed E-state index contributed by atoms with van der Waals surface area (Å²) in [5, 5.41) is 11.7. The van der Waals surface area contributed by atoms with Crippen LogP contribution in [-0.4, -0.2) is 34.4 Å². The Balaban J connectivity index is 2.27. The van der Waals surface area contributed by atoms with Crippen molar-refractivity contribution in [3.8, 4) is 0 Å². The number of benzene rings is 1. The molecule has 3 N–H and O–H groups in total. The van der Waals surface area contributed by atoms with Crippen LogP contribution in [0.5, 0.6) is 0 Å². The summed E-state index contributed by atoms with van der Waals surface area (Å²) >= 11 is 0. The predicted octanol–water partition coefficient (Wildman–Crippen LogP) is 2.29. The van der Waals surface area contributed by atoms with Gasteiger partial charge < -0.3 is 15.8 Å². The molecule has 0 aliphatic carbocycles. The second-order valence-electron chi connectivity index (χ2n) is 6.08. The number of oxime groups is 1. The SMILES string of the molecule is CC1CC(C)C(C)N(C(=O)c2cccc(/C(N)=N/O)c2)C1. The third kappa shape index (κ3) is 3.17. The van der Waals surface area contributed by atoms with Crippen LogP contribution in [0.15, 0.2) is 29.4 Å². The van der Waals surface area contributed by atoms with Gasteiger partial charge >= 0.3 is 0 Å². The highest BCUT2D eigenvalue weighted by molar-refractivity contribution is 6.01. The van der Waals surface area contributed by atoms with Gasteiger partial charge in [-0.15, -0.1) is 0 Å². The molecule has 1 heterocycles. The predicted molar refractivity (Wildman–Crippen MR) is 82.4 cm³/mol. The summed E-state index contributed by atoms with van der Waals surface area (Å²) in [6.45, 7) is 7.24. The maximum absolute atomic E-state index is 12.7. The van der Waals surface area contributed by atoms with Gasteiger partial charge in [-0.05, 0) is 37.3 Å². The maximum atomic E-state index is 12.7. The molecule has 1 aliphatic rings. The van der Waals surface area contributed by atoms with E-state index in [4.69, 9.17) is 10.9 Å². The first-order chi connectivity index (χ1) is 9.93. The topological polar surface area (TPSA) is 78.9 Å². The van der Waals surface area contributed by atoms with E-state index in [-0.39, 0.29) is 17.8 Å². The minimum atomic E-state index is 0.00786. The van der Waals surface area contributed by atoms with Crippen LogP contribution in [0.25, 0.3) is 0 Å². The van der Waals surface area contributed by atoms with Gasteiger partial charge in [0.05, 0.1) is 0 Å². The Morgan fingerprint density at radius 3 is 2.67 bits per heavy atom. The molecule has 1 aromatic rings. The van der Waals surface area contributed by atoms with Crippen molar-refractivity contribution >= 4 is 11.7 Å². The largest absolute Gasteiger partial charge is 0.409 e. The van der Waals surface area contributed by atoms with Crippen LogP contribution in [0.4, 0.5) is 0 Å². The van der Waals surface area contributed by atoms with Gasteiger partial charge in [0, 0.05) is 23.7 Å². The van der Waals surface area contributed by atoms with E-state index in [1.165, 1.54) is 0 Å². The fourth-order valence-electron chi connectivity index (χ4n) is 3.02. The number of hydrogen-bond donors (Lipinski definition) is 2. The van der Waals surface area contributed by atoms with Gasteiger partial charge in [0.15, 0.2) is 5.84 Å². The number of carbonyl (C=O) groups is 1. The summed E-state index contributed by atoms with van der Waals surface area (Å²) in [6.07, 6.45) is 1.15. The van der Waals surface area contributed by atoms with Gasteiger partial charge in [-0.2, -0.15) is 0 Å². The fraction of sp³-hybridized carbons (Fsp3) is 0.500. The molecule has 1 aliphatic heterocycles. The molecule has 1 fully saturated rings. The Morgan fingerprint density at radius 1 is 1.33 bits per heavy atom. The monoisotopic (exact) mass is 289 g/mol. The first-order valence-electron chi connectivity index (χ1n) is 7.33. The number of piperidine rings is 1. The molecule has 0 aromatic heterocycles. The standard InChI is InChI=1S/C16H23N3O2/c1-10-7-11(2)12(3)19(9-10)16(20)14-6-4-5-13(8-14)15(17)18-21/h4-6,8,10-12,21H,7,9H2,1-3H3,(H2,17,18). The van der Waals surface area contributed by atoms with Crippen molar-refractivity contribution in [2.75, 3.05) is 6.54 Å². The number of carbonyl (C=O) groups excluding carboxylic acids is 1. The number of nitrogens with two attached hydrogens (primary N) is 1. The molecule has 1 amide bonds. The molecule has 5 heteroatoms. The lowest BCUT2D eigenvalue weighted by Crippen LogP contribution is -2.48. The highest BCUT2D eigenvalue weighted by Gasteiger charge is 2.32. The molecular weight excluding hydrogens is 266 g/mol. The number of hydrogen-bond acceptors (Lipinski definition) is 3. The zero-order chi connectivity index (χ0) is 15.6. The minimum Gasteiger partial charge on any atom is -0.409 e. The minimum absolute atomic E-state index is 0.00786. The van der Waals surface area contributed by atoms with Crippen molar-refractivity contribution < 1.29 is 10.0 Å². The molecular formula is C16H23N3O2. The smallest absolute Gasteiger partial charge is 0.254 e. The Hall–Kier alpha value is -2.04. The Bertz CT molecular complexity index is 556. The summed E-state index contributed by atoms with van der Waals surface area (Å²) in [5.74, 6) is 1.02. The van der Waals surface area contributed by atoms with Gasteiger partial charge in [-0.25, -0.2) is 0 Å². The first kappa shape index (κ1) is 15.4. The van der Waals surface area contributed by atoms with E-state index in [2.05, 4.69) is 25.9 Å². The molecule has 3 atom stereocenters. The number of amidine groups is 1. The maximum Gasteiger partial charge on any atom is 0.254 e. The molecule has 2 rings (SSSR count). The average molecular weight is 289 g/mol. The third-order valence-electron chi connectivity index (χ3n) is 4.37. The summed E-state index contributed by atoms with van der Waals surface area (Å²) in [5.41, 5.74) is 6.71. The summed E-state index contributed by atoms with van der Waals surface area (Å²) in [4.78, 5) is 14.7. The van der Waals surface area contributed by atoms with Gasteiger partial charge in [0.25, 0.3) is 5.91 Å². The number of rotatable bonds is 2. The lowest BCUT2D eigenvalue weighted by Gasteiger charge is -2.41. The van der Waals surface area contributed by atoms with E-state index >= 15 is 0 Å². The fourth-order valence-corrected chi connectivity index (χ4v) is 3.02. The molecule has 0 radical (unpaired) electrons. The van der Waals surface area contributed by atoms with E-state index in [9.17, 15) is 4.79 Å². The summed E-state index contributed by atoms with van der Waals surface area (Å²) in [6, 6.07) is 7.14. The Kier molecular flexibility index (Phi) is 4.50. The van der Waals surface area contributed by atoms with Crippen LogP contribution < -0.4 is 5.73 Å². The molecule has 21 heavy (non-hydrogen) atoms. The van der Waals surface area contributed by atoms with Crippen molar-refractivity contribution in [1.29, 1.82) is 0 Å². The van der Waals surface area contributed by atoms with Crippen LogP contribution in [0.2, 0.25) is 0 Å². The van der Waals surface area contributed by atoms with Crippen molar-refractivity contribution in [3.05, 3.63) is 35.4 Å². The molecule has 0 saturated carbocycles. The van der Waals surface area contributed by atoms with Crippen molar-refractivity contribution in [2.24, 2.45) is 22.7 Å². The lowest BCUT2D eigenvalue weighted by atomic mass is 9.85. The van der Waals surface area contributed by atoms with E-state index < -0.39 is 0 Å².